The predicted molar refractivity (Wildman–Crippen MR) is 74.5 cm³/mol. The van der Waals surface area contributed by atoms with Gasteiger partial charge in [0.1, 0.15) is 0 Å². The molecule has 0 radical (unpaired) electrons. The number of allylic oxidation sites excluding steroid dienone is 2. The standard InChI is InChI=1S/C14H25N3/c1-6-9-16(5)14(12(2)3)13(4)17-10-7-15-8-11-17/h6,9,15H,4,7-8,10-11H2,1-3,5H3/b9-6-. The van der Waals surface area contributed by atoms with Gasteiger partial charge in [0.15, 0.2) is 0 Å². The number of rotatable bonds is 4. The van der Waals surface area contributed by atoms with Gasteiger partial charge in [-0.05, 0) is 27.0 Å². The molecule has 3 heteroatoms. The smallest absolute Gasteiger partial charge is 0.0621 e. The molecule has 0 aromatic heterocycles. The van der Waals surface area contributed by atoms with Crippen molar-refractivity contribution >= 4 is 0 Å². The van der Waals surface area contributed by atoms with Gasteiger partial charge in [0.2, 0.25) is 0 Å². The Kier molecular flexibility index (Phi) is 5.29. The first-order valence-electron chi connectivity index (χ1n) is 6.26. The Hall–Kier alpha value is -1.22. The molecule has 0 aromatic carbocycles. The maximum atomic E-state index is 4.27. The van der Waals surface area contributed by atoms with Gasteiger partial charge in [-0.25, -0.2) is 0 Å². The van der Waals surface area contributed by atoms with Crippen molar-refractivity contribution in [2.45, 2.75) is 20.8 Å². The summed E-state index contributed by atoms with van der Waals surface area (Å²) in [6.45, 7) is 14.8. The summed E-state index contributed by atoms with van der Waals surface area (Å²) in [5.41, 5.74) is 3.66. The number of piperazine rings is 1. The molecule has 1 aliphatic rings. The molecule has 0 aromatic rings. The average Bonchev–Trinajstić information content (AvgIpc) is 2.30. The van der Waals surface area contributed by atoms with Crippen LogP contribution in [0.1, 0.15) is 20.8 Å². The van der Waals surface area contributed by atoms with Crippen molar-refractivity contribution in [2.24, 2.45) is 0 Å². The fourth-order valence-electron chi connectivity index (χ4n) is 2.23. The van der Waals surface area contributed by atoms with Crippen LogP contribution in [0.4, 0.5) is 0 Å². The van der Waals surface area contributed by atoms with Gasteiger partial charge >= 0.3 is 0 Å². The third-order valence-corrected chi connectivity index (χ3v) is 2.97. The lowest BCUT2D eigenvalue weighted by molar-refractivity contribution is 0.294. The summed E-state index contributed by atoms with van der Waals surface area (Å²) in [6, 6.07) is 0. The van der Waals surface area contributed by atoms with E-state index in [0.29, 0.717) is 0 Å². The molecule has 0 atom stereocenters. The van der Waals surface area contributed by atoms with Crippen LogP contribution in [0.2, 0.25) is 0 Å². The fourth-order valence-corrected chi connectivity index (χ4v) is 2.23. The lowest BCUT2D eigenvalue weighted by Crippen LogP contribution is -2.43. The van der Waals surface area contributed by atoms with E-state index in [0.717, 1.165) is 31.9 Å². The fraction of sp³-hybridized carbons (Fsp3) is 0.571. The van der Waals surface area contributed by atoms with E-state index < -0.39 is 0 Å². The van der Waals surface area contributed by atoms with E-state index >= 15 is 0 Å². The quantitative estimate of drug-likeness (QED) is 0.753. The average molecular weight is 235 g/mol. The summed E-state index contributed by atoms with van der Waals surface area (Å²) in [5.74, 6) is 0. The summed E-state index contributed by atoms with van der Waals surface area (Å²) in [4.78, 5) is 4.51. The number of hydrogen-bond acceptors (Lipinski definition) is 3. The second-order valence-corrected chi connectivity index (χ2v) is 4.63. The maximum Gasteiger partial charge on any atom is 0.0621 e. The molecule has 96 valence electrons. The Bertz CT molecular complexity index is 318. The zero-order valence-electron chi connectivity index (χ0n) is 11.6. The highest BCUT2D eigenvalue weighted by Crippen LogP contribution is 2.21. The molecule has 0 bridgehead atoms. The number of nitrogens with zero attached hydrogens (tertiary/aromatic N) is 2. The second kappa shape index (κ2) is 6.50. The maximum absolute atomic E-state index is 4.27. The van der Waals surface area contributed by atoms with E-state index in [2.05, 4.69) is 48.8 Å². The largest absolute Gasteiger partial charge is 0.368 e. The van der Waals surface area contributed by atoms with Crippen molar-refractivity contribution in [3.8, 4) is 0 Å². The monoisotopic (exact) mass is 235 g/mol. The van der Waals surface area contributed by atoms with Gasteiger partial charge in [-0.2, -0.15) is 0 Å². The molecule has 3 nitrogen and oxygen atoms in total. The third kappa shape index (κ3) is 3.63. The van der Waals surface area contributed by atoms with Crippen LogP contribution in [0.3, 0.4) is 0 Å². The van der Waals surface area contributed by atoms with E-state index in [-0.39, 0.29) is 0 Å². The molecule has 0 spiro atoms. The van der Waals surface area contributed by atoms with Crippen molar-refractivity contribution in [3.05, 3.63) is 35.8 Å². The Morgan fingerprint density at radius 3 is 2.35 bits per heavy atom. The Morgan fingerprint density at radius 1 is 1.29 bits per heavy atom. The lowest BCUT2D eigenvalue weighted by Gasteiger charge is -2.35. The first kappa shape index (κ1) is 13.8. The molecule has 1 aliphatic heterocycles. The number of likely N-dealkylation sites (N-methyl/N-ethyl adjacent to an activating group) is 1. The number of hydrogen-bond donors (Lipinski definition) is 1. The van der Waals surface area contributed by atoms with Crippen molar-refractivity contribution in [3.63, 3.8) is 0 Å². The molecular formula is C14H25N3. The normalized spacial score (nSPS) is 16.1. The number of nitrogens with one attached hydrogen (secondary N) is 1. The van der Waals surface area contributed by atoms with E-state index in [1.807, 2.05) is 13.0 Å². The van der Waals surface area contributed by atoms with Crippen LogP contribution in [-0.2, 0) is 0 Å². The third-order valence-electron chi connectivity index (χ3n) is 2.97. The lowest BCUT2D eigenvalue weighted by atomic mass is 10.1. The molecular weight excluding hydrogens is 210 g/mol. The van der Waals surface area contributed by atoms with Crippen molar-refractivity contribution in [1.82, 2.24) is 15.1 Å². The Morgan fingerprint density at radius 2 is 1.88 bits per heavy atom. The Labute approximate surface area is 105 Å². The molecule has 0 unspecified atom stereocenters. The van der Waals surface area contributed by atoms with Gasteiger partial charge in [0.25, 0.3) is 0 Å². The highest BCUT2D eigenvalue weighted by Gasteiger charge is 2.17. The summed E-state index contributed by atoms with van der Waals surface area (Å²) in [5, 5.41) is 3.37. The first-order chi connectivity index (χ1) is 8.07. The Balaban J connectivity index is 2.84. The summed E-state index contributed by atoms with van der Waals surface area (Å²) < 4.78 is 0. The van der Waals surface area contributed by atoms with Gasteiger partial charge in [-0.15, -0.1) is 0 Å². The topological polar surface area (TPSA) is 18.5 Å². The van der Waals surface area contributed by atoms with Crippen LogP contribution < -0.4 is 5.32 Å². The van der Waals surface area contributed by atoms with Gasteiger partial charge in [0.05, 0.1) is 11.4 Å². The van der Waals surface area contributed by atoms with Crippen LogP contribution in [0, 0.1) is 0 Å². The molecule has 1 rings (SSSR count). The molecule has 1 saturated heterocycles. The van der Waals surface area contributed by atoms with Crippen LogP contribution in [0.25, 0.3) is 0 Å². The SMILES string of the molecule is C=C(C(=C(C)C)N(C)/C=C\C)N1CCNCC1. The van der Waals surface area contributed by atoms with Gasteiger partial charge in [-0.3, -0.25) is 0 Å². The zero-order chi connectivity index (χ0) is 12.8. The predicted octanol–water partition coefficient (Wildman–Crippen LogP) is 2.16. The molecule has 17 heavy (non-hydrogen) atoms. The van der Waals surface area contributed by atoms with Crippen LogP contribution in [0.5, 0.6) is 0 Å². The van der Waals surface area contributed by atoms with E-state index in [9.17, 15) is 0 Å². The van der Waals surface area contributed by atoms with Crippen molar-refractivity contribution in [2.75, 3.05) is 33.2 Å². The zero-order valence-corrected chi connectivity index (χ0v) is 11.6. The molecule has 1 N–H and O–H groups in total. The summed E-state index contributed by atoms with van der Waals surface area (Å²) in [6.07, 6.45) is 4.13. The van der Waals surface area contributed by atoms with E-state index in [4.69, 9.17) is 0 Å². The van der Waals surface area contributed by atoms with Crippen LogP contribution >= 0.6 is 0 Å². The minimum Gasteiger partial charge on any atom is -0.368 e. The summed E-state index contributed by atoms with van der Waals surface area (Å²) in [7, 11) is 2.08. The van der Waals surface area contributed by atoms with Gasteiger partial charge < -0.3 is 15.1 Å². The van der Waals surface area contributed by atoms with Crippen LogP contribution in [-0.4, -0.2) is 43.0 Å². The van der Waals surface area contributed by atoms with E-state index in [1.165, 1.54) is 11.3 Å². The van der Waals surface area contributed by atoms with Crippen molar-refractivity contribution < 1.29 is 0 Å². The molecule has 0 aliphatic carbocycles. The highest BCUT2D eigenvalue weighted by molar-refractivity contribution is 5.31. The first-order valence-corrected chi connectivity index (χ1v) is 6.26. The highest BCUT2D eigenvalue weighted by atomic mass is 15.2. The second-order valence-electron chi connectivity index (χ2n) is 4.63. The van der Waals surface area contributed by atoms with Gasteiger partial charge in [-0.1, -0.05) is 18.2 Å². The van der Waals surface area contributed by atoms with Crippen molar-refractivity contribution in [1.29, 1.82) is 0 Å². The van der Waals surface area contributed by atoms with Gasteiger partial charge in [0, 0.05) is 33.2 Å². The molecule has 0 saturated carbocycles. The van der Waals surface area contributed by atoms with Crippen LogP contribution in [0.15, 0.2) is 35.8 Å². The molecule has 1 fully saturated rings. The minimum atomic E-state index is 1.04. The summed E-state index contributed by atoms with van der Waals surface area (Å²) >= 11 is 0. The molecule has 0 amide bonds. The van der Waals surface area contributed by atoms with E-state index in [1.54, 1.807) is 0 Å². The minimum absolute atomic E-state index is 1.04. The molecule has 1 heterocycles.